The van der Waals surface area contributed by atoms with E-state index in [4.69, 9.17) is 9.47 Å². The molecule has 1 saturated heterocycles. The van der Waals surface area contributed by atoms with Crippen LogP contribution in [-0.2, 0) is 9.47 Å². The van der Waals surface area contributed by atoms with Gasteiger partial charge in [-0.2, -0.15) is 0 Å². The van der Waals surface area contributed by atoms with Gasteiger partial charge in [0.15, 0.2) is 5.79 Å². The maximum Gasteiger partial charge on any atom is 0.168 e. The highest BCUT2D eigenvalue weighted by molar-refractivity contribution is 4.84. The van der Waals surface area contributed by atoms with Gasteiger partial charge in [0.1, 0.15) is 0 Å². The molecule has 0 bridgehead atoms. The maximum atomic E-state index is 6.34. The Morgan fingerprint density at radius 1 is 1.12 bits per heavy atom. The molecule has 0 aromatic heterocycles. The van der Waals surface area contributed by atoms with Crippen LogP contribution in [0.1, 0.15) is 65.2 Å². The first-order valence-electron chi connectivity index (χ1n) is 7.11. The van der Waals surface area contributed by atoms with Crippen molar-refractivity contribution in [2.45, 2.75) is 77.1 Å². The average Bonchev–Trinajstić information content (AvgIpc) is 2.31. The zero-order valence-electron chi connectivity index (χ0n) is 10.8. The molecule has 2 aliphatic rings. The Kier molecular flexibility index (Phi) is 4.26. The molecule has 2 heteroatoms. The van der Waals surface area contributed by atoms with Crippen molar-refractivity contribution in [3.05, 3.63) is 0 Å². The van der Waals surface area contributed by atoms with Crippen molar-refractivity contribution in [1.29, 1.82) is 0 Å². The van der Waals surface area contributed by atoms with E-state index in [1.54, 1.807) is 0 Å². The standard InChI is InChI=1S/C14H26O2/c1-3-8-13-12(4-2)11-15-14(16-13)9-6-5-7-10-14/h12-13H,3-11H2,1-2H3/t12-,13+/m1/s1. The molecule has 2 atom stereocenters. The van der Waals surface area contributed by atoms with E-state index in [1.807, 2.05) is 0 Å². The lowest BCUT2D eigenvalue weighted by Crippen LogP contribution is -2.50. The topological polar surface area (TPSA) is 18.5 Å². The minimum atomic E-state index is -0.191. The predicted octanol–water partition coefficient (Wildman–Crippen LogP) is 3.89. The highest BCUT2D eigenvalue weighted by Gasteiger charge is 2.42. The lowest BCUT2D eigenvalue weighted by molar-refractivity contribution is -0.323. The molecule has 0 unspecified atom stereocenters. The van der Waals surface area contributed by atoms with Crippen LogP contribution in [0, 0.1) is 5.92 Å². The summed E-state index contributed by atoms with van der Waals surface area (Å²) in [6.07, 6.45) is 10.2. The lowest BCUT2D eigenvalue weighted by atomic mass is 9.89. The second-order valence-electron chi connectivity index (χ2n) is 5.40. The van der Waals surface area contributed by atoms with E-state index in [2.05, 4.69) is 13.8 Å². The van der Waals surface area contributed by atoms with Crippen LogP contribution in [0.3, 0.4) is 0 Å². The number of hydrogen-bond acceptors (Lipinski definition) is 2. The van der Waals surface area contributed by atoms with Crippen LogP contribution in [0.5, 0.6) is 0 Å². The maximum absolute atomic E-state index is 6.34. The Labute approximate surface area is 99.7 Å². The van der Waals surface area contributed by atoms with Crippen LogP contribution in [0.4, 0.5) is 0 Å². The average molecular weight is 226 g/mol. The van der Waals surface area contributed by atoms with Crippen molar-refractivity contribution in [3.63, 3.8) is 0 Å². The fourth-order valence-electron chi connectivity index (χ4n) is 3.08. The van der Waals surface area contributed by atoms with Gasteiger partial charge < -0.3 is 9.47 Å². The Hall–Kier alpha value is -0.0800. The molecule has 1 aliphatic carbocycles. The Morgan fingerprint density at radius 2 is 1.88 bits per heavy atom. The molecule has 2 nitrogen and oxygen atoms in total. The molecule has 0 aromatic carbocycles. The summed E-state index contributed by atoms with van der Waals surface area (Å²) in [6.45, 7) is 5.42. The van der Waals surface area contributed by atoms with Crippen LogP contribution < -0.4 is 0 Å². The van der Waals surface area contributed by atoms with Gasteiger partial charge in [-0.15, -0.1) is 0 Å². The summed E-state index contributed by atoms with van der Waals surface area (Å²) in [6, 6.07) is 0. The van der Waals surface area contributed by atoms with Gasteiger partial charge in [-0.1, -0.05) is 26.7 Å². The fraction of sp³-hybridized carbons (Fsp3) is 1.00. The van der Waals surface area contributed by atoms with Crippen molar-refractivity contribution in [3.8, 4) is 0 Å². The van der Waals surface area contributed by atoms with E-state index in [9.17, 15) is 0 Å². The van der Waals surface area contributed by atoms with Crippen LogP contribution in [0.25, 0.3) is 0 Å². The summed E-state index contributed by atoms with van der Waals surface area (Å²) >= 11 is 0. The normalized spacial score (nSPS) is 34.1. The largest absolute Gasteiger partial charge is 0.350 e. The van der Waals surface area contributed by atoms with Gasteiger partial charge in [0, 0.05) is 18.8 Å². The SMILES string of the molecule is CCC[C@@H]1OC2(CCCCC2)OC[C@H]1CC. The van der Waals surface area contributed by atoms with Crippen molar-refractivity contribution in [2.75, 3.05) is 6.61 Å². The van der Waals surface area contributed by atoms with Crippen molar-refractivity contribution < 1.29 is 9.47 Å². The summed E-state index contributed by atoms with van der Waals surface area (Å²) in [4.78, 5) is 0. The van der Waals surface area contributed by atoms with Gasteiger partial charge >= 0.3 is 0 Å². The predicted molar refractivity (Wildman–Crippen MR) is 65.3 cm³/mol. The van der Waals surface area contributed by atoms with Crippen LogP contribution >= 0.6 is 0 Å². The Bertz CT molecular complexity index is 209. The molecule has 0 aromatic rings. The lowest BCUT2D eigenvalue weighted by Gasteiger charge is -2.46. The molecule has 1 aliphatic heterocycles. The third-order valence-electron chi connectivity index (χ3n) is 4.17. The molecule has 0 amide bonds. The first-order chi connectivity index (χ1) is 7.79. The monoisotopic (exact) mass is 226 g/mol. The zero-order valence-corrected chi connectivity index (χ0v) is 10.8. The number of ether oxygens (including phenoxy) is 2. The molecule has 0 N–H and O–H groups in total. The van der Waals surface area contributed by atoms with E-state index < -0.39 is 0 Å². The third-order valence-corrected chi connectivity index (χ3v) is 4.17. The van der Waals surface area contributed by atoms with E-state index in [1.165, 1.54) is 38.5 Å². The van der Waals surface area contributed by atoms with Gasteiger partial charge in [0.25, 0.3) is 0 Å². The van der Waals surface area contributed by atoms with E-state index in [0.29, 0.717) is 12.0 Å². The summed E-state index contributed by atoms with van der Waals surface area (Å²) in [5.41, 5.74) is 0. The quantitative estimate of drug-likeness (QED) is 0.727. The van der Waals surface area contributed by atoms with Gasteiger partial charge in [-0.3, -0.25) is 0 Å². The zero-order chi connectivity index (χ0) is 11.4. The van der Waals surface area contributed by atoms with Gasteiger partial charge in [0.2, 0.25) is 0 Å². The van der Waals surface area contributed by atoms with E-state index in [0.717, 1.165) is 19.4 Å². The molecule has 16 heavy (non-hydrogen) atoms. The minimum Gasteiger partial charge on any atom is -0.350 e. The molecular weight excluding hydrogens is 200 g/mol. The van der Waals surface area contributed by atoms with Crippen LogP contribution in [0.15, 0.2) is 0 Å². The molecule has 2 fully saturated rings. The van der Waals surface area contributed by atoms with Crippen LogP contribution in [0.2, 0.25) is 0 Å². The van der Waals surface area contributed by atoms with Crippen LogP contribution in [-0.4, -0.2) is 18.5 Å². The van der Waals surface area contributed by atoms with Gasteiger partial charge in [0.05, 0.1) is 12.7 Å². The molecule has 1 heterocycles. The first-order valence-corrected chi connectivity index (χ1v) is 7.11. The smallest absolute Gasteiger partial charge is 0.168 e. The molecule has 1 spiro atoms. The molecular formula is C14H26O2. The second-order valence-corrected chi connectivity index (χ2v) is 5.40. The second kappa shape index (κ2) is 5.50. The molecule has 0 radical (unpaired) electrons. The summed E-state index contributed by atoms with van der Waals surface area (Å²) < 4.78 is 12.4. The molecule has 94 valence electrons. The summed E-state index contributed by atoms with van der Waals surface area (Å²) in [5, 5.41) is 0. The summed E-state index contributed by atoms with van der Waals surface area (Å²) in [5.74, 6) is 0.427. The first kappa shape index (κ1) is 12.4. The number of hydrogen-bond donors (Lipinski definition) is 0. The molecule has 2 rings (SSSR count). The van der Waals surface area contributed by atoms with E-state index >= 15 is 0 Å². The van der Waals surface area contributed by atoms with E-state index in [-0.39, 0.29) is 5.79 Å². The fourth-order valence-corrected chi connectivity index (χ4v) is 3.08. The molecule has 1 saturated carbocycles. The highest BCUT2D eigenvalue weighted by atomic mass is 16.7. The highest BCUT2D eigenvalue weighted by Crippen LogP contribution is 2.40. The van der Waals surface area contributed by atoms with Crippen molar-refractivity contribution in [1.82, 2.24) is 0 Å². The Balaban J connectivity index is 1.98. The van der Waals surface area contributed by atoms with Gasteiger partial charge in [-0.05, 0) is 25.7 Å². The van der Waals surface area contributed by atoms with Gasteiger partial charge in [-0.25, -0.2) is 0 Å². The minimum absolute atomic E-state index is 0.191. The Morgan fingerprint density at radius 3 is 2.50 bits per heavy atom. The summed E-state index contributed by atoms with van der Waals surface area (Å²) in [7, 11) is 0. The van der Waals surface area contributed by atoms with Crippen molar-refractivity contribution in [2.24, 2.45) is 5.92 Å². The third kappa shape index (κ3) is 2.60. The van der Waals surface area contributed by atoms with Crippen molar-refractivity contribution >= 4 is 0 Å². The number of rotatable bonds is 3.